The molecule has 1 aliphatic carbocycles. The Morgan fingerprint density at radius 2 is 2.00 bits per heavy atom. The molecule has 2 fully saturated rings. The van der Waals surface area contributed by atoms with Crippen LogP contribution >= 0.6 is 0 Å². The molecule has 1 saturated heterocycles. The fourth-order valence-corrected chi connectivity index (χ4v) is 3.20. The van der Waals surface area contributed by atoms with Crippen LogP contribution in [0.2, 0.25) is 0 Å². The number of nitrogens with two attached hydrogens (primary N) is 1. The summed E-state index contributed by atoms with van der Waals surface area (Å²) in [6, 6.07) is 0.548. The lowest BCUT2D eigenvalue weighted by atomic mass is 9.76. The number of piperidine rings is 1. The number of nitrogens with zero attached hydrogens (tertiary/aromatic N) is 1. The minimum Gasteiger partial charge on any atom is -0.444 e. The summed E-state index contributed by atoms with van der Waals surface area (Å²) in [5.41, 5.74) is 5.64. The molecule has 3 atom stereocenters. The van der Waals surface area contributed by atoms with Gasteiger partial charge in [0.15, 0.2) is 0 Å². The number of rotatable bonds is 0. The molecule has 0 aromatic heterocycles. The number of fused-ring (bicyclic) bond motifs is 1. The van der Waals surface area contributed by atoms with E-state index < -0.39 is 5.60 Å². The molecule has 4 heteroatoms. The number of ether oxygens (including phenoxy) is 1. The van der Waals surface area contributed by atoms with Gasteiger partial charge in [0.2, 0.25) is 0 Å². The van der Waals surface area contributed by atoms with Crippen LogP contribution in [0.15, 0.2) is 0 Å². The van der Waals surface area contributed by atoms with E-state index in [4.69, 9.17) is 10.5 Å². The van der Waals surface area contributed by atoms with Crippen molar-refractivity contribution >= 4 is 6.09 Å². The molecule has 18 heavy (non-hydrogen) atoms. The van der Waals surface area contributed by atoms with E-state index in [1.165, 1.54) is 6.42 Å². The van der Waals surface area contributed by atoms with Crippen LogP contribution in [-0.4, -0.2) is 35.2 Å². The van der Waals surface area contributed by atoms with E-state index in [1.54, 1.807) is 0 Å². The maximum absolute atomic E-state index is 12.2. The molecule has 4 nitrogen and oxygen atoms in total. The smallest absolute Gasteiger partial charge is 0.410 e. The minimum atomic E-state index is -0.416. The summed E-state index contributed by atoms with van der Waals surface area (Å²) < 4.78 is 5.51. The number of carbonyl (C=O) groups is 1. The van der Waals surface area contributed by atoms with Gasteiger partial charge in [0.25, 0.3) is 0 Å². The standard InChI is InChI=1S/C14H26N2O2/c1-14(2,3)18-13(17)16-8-4-5-10-6-7-11(15)9-12(10)16/h10-12H,4-9,15H2,1-3H3. The van der Waals surface area contributed by atoms with Crippen LogP contribution in [0.3, 0.4) is 0 Å². The zero-order valence-corrected chi connectivity index (χ0v) is 11.8. The van der Waals surface area contributed by atoms with Crippen molar-refractivity contribution in [2.75, 3.05) is 6.54 Å². The van der Waals surface area contributed by atoms with Gasteiger partial charge in [-0.05, 0) is 58.8 Å². The van der Waals surface area contributed by atoms with Crippen molar-refractivity contribution < 1.29 is 9.53 Å². The van der Waals surface area contributed by atoms with Crippen molar-refractivity contribution in [2.24, 2.45) is 11.7 Å². The van der Waals surface area contributed by atoms with E-state index >= 15 is 0 Å². The lowest BCUT2D eigenvalue weighted by Crippen LogP contribution is -2.54. The van der Waals surface area contributed by atoms with Crippen molar-refractivity contribution in [3.8, 4) is 0 Å². The Balaban J connectivity index is 2.04. The molecular weight excluding hydrogens is 228 g/mol. The Morgan fingerprint density at radius 3 is 2.67 bits per heavy atom. The predicted molar refractivity (Wildman–Crippen MR) is 71.3 cm³/mol. The second-order valence-electron chi connectivity index (χ2n) is 6.72. The van der Waals surface area contributed by atoms with Crippen molar-refractivity contribution in [3.63, 3.8) is 0 Å². The van der Waals surface area contributed by atoms with Crippen molar-refractivity contribution in [1.29, 1.82) is 0 Å². The zero-order valence-electron chi connectivity index (χ0n) is 11.8. The molecule has 2 N–H and O–H groups in total. The monoisotopic (exact) mass is 254 g/mol. The molecule has 0 bridgehead atoms. The Labute approximate surface area is 110 Å². The van der Waals surface area contributed by atoms with Crippen LogP contribution < -0.4 is 5.73 Å². The Morgan fingerprint density at radius 1 is 1.28 bits per heavy atom. The van der Waals surface area contributed by atoms with E-state index in [2.05, 4.69) is 0 Å². The van der Waals surface area contributed by atoms with Gasteiger partial charge in [-0.3, -0.25) is 0 Å². The first-order valence-corrected chi connectivity index (χ1v) is 7.12. The summed E-state index contributed by atoms with van der Waals surface area (Å²) in [6.07, 6.45) is 5.36. The summed E-state index contributed by atoms with van der Waals surface area (Å²) in [6.45, 7) is 6.57. The van der Waals surface area contributed by atoms with Crippen LogP contribution in [0, 0.1) is 5.92 Å². The molecular formula is C14H26N2O2. The van der Waals surface area contributed by atoms with Crippen LogP contribution in [0.5, 0.6) is 0 Å². The second-order valence-corrected chi connectivity index (χ2v) is 6.72. The van der Waals surface area contributed by atoms with Gasteiger partial charge < -0.3 is 15.4 Å². The molecule has 1 heterocycles. The summed E-state index contributed by atoms with van der Waals surface area (Å²) in [7, 11) is 0. The van der Waals surface area contributed by atoms with Gasteiger partial charge in [0, 0.05) is 18.6 Å². The number of hydrogen-bond acceptors (Lipinski definition) is 3. The van der Waals surface area contributed by atoms with Crippen LogP contribution in [0.1, 0.15) is 52.9 Å². The molecule has 3 unspecified atom stereocenters. The third-order valence-electron chi connectivity index (χ3n) is 4.00. The highest BCUT2D eigenvalue weighted by Crippen LogP contribution is 2.35. The number of carbonyl (C=O) groups excluding carboxylic acids is 1. The third-order valence-corrected chi connectivity index (χ3v) is 4.00. The summed E-state index contributed by atoms with van der Waals surface area (Å²) in [5.74, 6) is 0.631. The number of likely N-dealkylation sites (tertiary alicyclic amines) is 1. The van der Waals surface area contributed by atoms with E-state index in [1.807, 2.05) is 25.7 Å². The lowest BCUT2D eigenvalue weighted by molar-refractivity contribution is -0.00894. The molecule has 0 aromatic rings. The molecule has 2 rings (SSSR count). The zero-order chi connectivity index (χ0) is 13.3. The van der Waals surface area contributed by atoms with Crippen molar-refractivity contribution in [1.82, 2.24) is 4.90 Å². The first-order chi connectivity index (χ1) is 8.37. The topological polar surface area (TPSA) is 55.6 Å². The highest BCUT2D eigenvalue weighted by atomic mass is 16.6. The average Bonchev–Trinajstić information content (AvgIpc) is 2.25. The summed E-state index contributed by atoms with van der Waals surface area (Å²) in [4.78, 5) is 14.2. The average molecular weight is 254 g/mol. The van der Waals surface area contributed by atoms with E-state index in [0.717, 1.165) is 32.2 Å². The predicted octanol–water partition coefficient (Wildman–Crippen LogP) is 2.51. The molecule has 1 aliphatic heterocycles. The highest BCUT2D eigenvalue weighted by Gasteiger charge is 2.39. The maximum Gasteiger partial charge on any atom is 0.410 e. The molecule has 1 saturated carbocycles. The van der Waals surface area contributed by atoms with E-state index in [0.29, 0.717) is 12.0 Å². The van der Waals surface area contributed by atoms with E-state index in [9.17, 15) is 4.79 Å². The normalized spacial score (nSPS) is 32.9. The Bertz CT molecular complexity index is 311. The molecule has 104 valence electrons. The van der Waals surface area contributed by atoms with Gasteiger partial charge in [0.1, 0.15) is 5.60 Å². The molecule has 0 spiro atoms. The third kappa shape index (κ3) is 3.16. The van der Waals surface area contributed by atoms with Gasteiger partial charge in [0.05, 0.1) is 0 Å². The highest BCUT2D eigenvalue weighted by molar-refractivity contribution is 5.68. The van der Waals surface area contributed by atoms with Gasteiger partial charge in [-0.25, -0.2) is 4.79 Å². The van der Waals surface area contributed by atoms with Crippen LogP contribution in [0.25, 0.3) is 0 Å². The first kappa shape index (κ1) is 13.7. The second kappa shape index (κ2) is 5.08. The molecule has 0 aromatic carbocycles. The fourth-order valence-electron chi connectivity index (χ4n) is 3.20. The number of amides is 1. The molecule has 1 amide bonds. The molecule has 2 aliphatic rings. The SMILES string of the molecule is CC(C)(C)OC(=O)N1CCCC2CCC(N)CC21. The lowest BCUT2D eigenvalue weighted by Gasteiger charge is -2.45. The van der Waals surface area contributed by atoms with Gasteiger partial charge in [-0.1, -0.05) is 0 Å². The Kier molecular flexibility index (Phi) is 3.85. The largest absolute Gasteiger partial charge is 0.444 e. The Hall–Kier alpha value is -0.770. The summed E-state index contributed by atoms with van der Waals surface area (Å²) in [5, 5.41) is 0. The van der Waals surface area contributed by atoms with Crippen LogP contribution in [-0.2, 0) is 4.74 Å². The quantitative estimate of drug-likeness (QED) is 0.722. The minimum absolute atomic E-state index is 0.161. The van der Waals surface area contributed by atoms with E-state index in [-0.39, 0.29) is 12.1 Å². The fraction of sp³-hybridized carbons (Fsp3) is 0.929. The summed E-state index contributed by atoms with van der Waals surface area (Å²) >= 11 is 0. The molecule has 0 radical (unpaired) electrons. The first-order valence-electron chi connectivity index (χ1n) is 7.12. The van der Waals surface area contributed by atoms with Gasteiger partial charge in [-0.2, -0.15) is 0 Å². The van der Waals surface area contributed by atoms with Crippen molar-refractivity contribution in [3.05, 3.63) is 0 Å². The van der Waals surface area contributed by atoms with Gasteiger partial charge in [-0.15, -0.1) is 0 Å². The van der Waals surface area contributed by atoms with Crippen molar-refractivity contribution in [2.45, 2.75) is 70.6 Å². The van der Waals surface area contributed by atoms with Crippen LogP contribution in [0.4, 0.5) is 4.79 Å². The maximum atomic E-state index is 12.2. The number of hydrogen-bond donors (Lipinski definition) is 1. The van der Waals surface area contributed by atoms with Gasteiger partial charge >= 0.3 is 6.09 Å².